The second-order valence-electron chi connectivity index (χ2n) is 5.91. The van der Waals surface area contributed by atoms with Crippen LogP contribution in [0.1, 0.15) is 31.3 Å². The van der Waals surface area contributed by atoms with Crippen molar-refractivity contribution < 1.29 is 28.3 Å². The average Bonchev–Trinajstić information content (AvgIpc) is 3.23. The number of methoxy groups -OCH3 is 2. The zero-order valence-electron chi connectivity index (χ0n) is 15.5. The van der Waals surface area contributed by atoms with Crippen molar-refractivity contribution in [3.05, 3.63) is 76.0 Å². The molecule has 1 aromatic heterocycles. The third-order valence-electron chi connectivity index (χ3n) is 3.99. The van der Waals surface area contributed by atoms with Crippen molar-refractivity contribution in [1.82, 2.24) is 0 Å². The molecule has 0 saturated heterocycles. The van der Waals surface area contributed by atoms with Gasteiger partial charge in [-0.1, -0.05) is 28.1 Å². The lowest BCUT2D eigenvalue weighted by atomic mass is 10.1. The minimum atomic E-state index is -0.651. The van der Waals surface area contributed by atoms with Crippen LogP contribution in [-0.2, 0) is 9.47 Å². The molecule has 3 aromatic rings. The van der Waals surface area contributed by atoms with Gasteiger partial charge in [0.05, 0.1) is 25.3 Å². The Labute approximate surface area is 174 Å². The molecule has 0 atom stereocenters. The molecule has 0 aliphatic heterocycles. The molecule has 1 N–H and O–H groups in total. The molecule has 0 saturated carbocycles. The number of hydrogen-bond donors (Lipinski definition) is 1. The SMILES string of the molecule is COC(=O)c1cc(NC(=O)c2ccc(-c3ccc(Br)cc3)o2)cc(C(=O)OC)c1. The molecule has 0 bridgehead atoms. The molecule has 3 rings (SSSR count). The van der Waals surface area contributed by atoms with Crippen LogP contribution in [0.4, 0.5) is 5.69 Å². The molecule has 0 unspecified atom stereocenters. The van der Waals surface area contributed by atoms with Crippen molar-refractivity contribution >= 4 is 39.5 Å². The molecule has 29 heavy (non-hydrogen) atoms. The summed E-state index contributed by atoms with van der Waals surface area (Å²) in [4.78, 5) is 36.3. The molecule has 1 amide bonds. The van der Waals surface area contributed by atoms with Gasteiger partial charge in [0.25, 0.3) is 5.91 Å². The Morgan fingerprint density at radius 1 is 0.862 bits per heavy atom. The normalized spacial score (nSPS) is 10.3. The van der Waals surface area contributed by atoms with Crippen LogP contribution < -0.4 is 5.32 Å². The smallest absolute Gasteiger partial charge is 0.337 e. The highest BCUT2D eigenvalue weighted by molar-refractivity contribution is 9.10. The van der Waals surface area contributed by atoms with E-state index in [0.29, 0.717) is 5.76 Å². The standard InChI is InChI=1S/C21H16BrNO6/c1-27-20(25)13-9-14(21(26)28-2)11-16(10-13)23-19(24)18-8-7-17(29-18)12-3-5-15(22)6-4-12/h3-11H,1-2H3,(H,23,24). The van der Waals surface area contributed by atoms with E-state index in [0.717, 1.165) is 10.0 Å². The third kappa shape index (κ3) is 4.72. The molecule has 0 radical (unpaired) electrons. The average molecular weight is 458 g/mol. The van der Waals surface area contributed by atoms with Crippen LogP contribution in [0, 0.1) is 0 Å². The zero-order chi connectivity index (χ0) is 21.0. The number of ether oxygens (including phenoxy) is 2. The Hall–Kier alpha value is -3.39. The highest BCUT2D eigenvalue weighted by Gasteiger charge is 2.17. The van der Waals surface area contributed by atoms with Crippen molar-refractivity contribution in [3.8, 4) is 11.3 Å². The van der Waals surface area contributed by atoms with E-state index in [4.69, 9.17) is 4.42 Å². The first-order valence-electron chi connectivity index (χ1n) is 8.40. The molecule has 0 fully saturated rings. The fraction of sp³-hybridized carbons (Fsp3) is 0.0952. The zero-order valence-corrected chi connectivity index (χ0v) is 17.1. The molecule has 0 spiro atoms. The summed E-state index contributed by atoms with van der Waals surface area (Å²) < 4.78 is 15.9. The predicted octanol–water partition coefficient (Wildman–Crippen LogP) is 4.53. The second kappa shape index (κ2) is 8.74. The van der Waals surface area contributed by atoms with E-state index in [1.807, 2.05) is 24.3 Å². The van der Waals surface area contributed by atoms with Gasteiger partial charge in [0, 0.05) is 15.7 Å². The summed E-state index contributed by atoms with van der Waals surface area (Å²) in [5.41, 5.74) is 1.23. The summed E-state index contributed by atoms with van der Waals surface area (Å²) in [6.45, 7) is 0. The van der Waals surface area contributed by atoms with Crippen molar-refractivity contribution in [3.63, 3.8) is 0 Å². The van der Waals surface area contributed by atoms with Gasteiger partial charge < -0.3 is 19.2 Å². The molecule has 7 nitrogen and oxygen atoms in total. The maximum Gasteiger partial charge on any atom is 0.337 e. The lowest BCUT2D eigenvalue weighted by Crippen LogP contribution is -2.13. The van der Waals surface area contributed by atoms with Crippen LogP contribution in [0.3, 0.4) is 0 Å². The summed E-state index contributed by atoms with van der Waals surface area (Å²) in [5.74, 6) is -1.23. The topological polar surface area (TPSA) is 94.8 Å². The molecule has 0 aliphatic rings. The first-order valence-corrected chi connectivity index (χ1v) is 9.19. The number of halogens is 1. The Balaban J connectivity index is 1.85. The second-order valence-corrected chi connectivity index (χ2v) is 6.82. The largest absolute Gasteiger partial charge is 0.465 e. The van der Waals surface area contributed by atoms with Gasteiger partial charge in [0.15, 0.2) is 5.76 Å². The summed E-state index contributed by atoms with van der Waals surface area (Å²) in [7, 11) is 2.44. The third-order valence-corrected chi connectivity index (χ3v) is 4.52. The Morgan fingerprint density at radius 2 is 1.45 bits per heavy atom. The van der Waals surface area contributed by atoms with E-state index < -0.39 is 17.8 Å². The number of carbonyl (C=O) groups excluding carboxylic acids is 3. The molecule has 8 heteroatoms. The molecular weight excluding hydrogens is 442 g/mol. The summed E-state index contributed by atoms with van der Waals surface area (Å²) in [5, 5.41) is 2.62. The van der Waals surface area contributed by atoms with Gasteiger partial charge in [-0.15, -0.1) is 0 Å². The van der Waals surface area contributed by atoms with Crippen LogP contribution in [0.15, 0.2) is 63.5 Å². The fourth-order valence-electron chi connectivity index (χ4n) is 2.59. The highest BCUT2D eigenvalue weighted by Crippen LogP contribution is 2.25. The quantitative estimate of drug-likeness (QED) is 0.565. The molecule has 2 aromatic carbocycles. The number of benzene rings is 2. The number of amides is 1. The van der Waals surface area contributed by atoms with E-state index in [-0.39, 0.29) is 22.6 Å². The van der Waals surface area contributed by atoms with Crippen LogP contribution in [0.5, 0.6) is 0 Å². The van der Waals surface area contributed by atoms with E-state index in [1.165, 1.54) is 38.5 Å². The first-order chi connectivity index (χ1) is 13.9. The van der Waals surface area contributed by atoms with Gasteiger partial charge >= 0.3 is 11.9 Å². The van der Waals surface area contributed by atoms with Gasteiger partial charge in [-0.25, -0.2) is 9.59 Å². The minimum Gasteiger partial charge on any atom is -0.465 e. The first kappa shape index (κ1) is 20.3. The van der Waals surface area contributed by atoms with Crippen molar-refractivity contribution in [2.45, 2.75) is 0 Å². The Morgan fingerprint density at radius 3 is 2.00 bits per heavy atom. The lowest BCUT2D eigenvalue weighted by Gasteiger charge is -2.08. The number of esters is 2. The van der Waals surface area contributed by atoms with Crippen LogP contribution in [-0.4, -0.2) is 32.1 Å². The van der Waals surface area contributed by atoms with Gasteiger partial charge in [0.1, 0.15) is 5.76 Å². The van der Waals surface area contributed by atoms with Crippen LogP contribution in [0.2, 0.25) is 0 Å². The molecular formula is C21H16BrNO6. The number of furan rings is 1. The summed E-state index contributed by atoms with van der Waals surface area (Å²) in [6, 6.07) is 14.8. The number of rotatable bonds is 5. The van der Waals surface area contributed by atoms with Crippen LogP contribution in [0.25, 0.3) is 11.3 Å². The van der Waals surface area contributed by atoms with Crippen LogP contribution >= 0.6 is 15.9 Å². The van der Waals surface area contributed by atoms with Gasteiger partial charge in [-0.3, -0.25) is 4.79 Å². The minimum absolute atomic E-state index is 0.0750. The predicted molar refractivity (Wildman–Crippen MR) is 109 cm³/mol. The number of nitrogens with one attached hydrogen (secondary N) is 1. The van der Waals surface area contributed by atoms with E-state index >= 15 is 0 Å². The number of hydrogen-bond acceptors (Lipinski definition) is 6. The molecule has 0 aliphatic carbocycles. The number of carbonyl (C=O) groups is 3. The summed E-state index contributed by atoms with van der Waals surface area (Å²) in [6.07, 6.45) is 0. The van der Waals surface area contributed by atoms with Crippen molar-refractivity contribution in [1.29, 1.82) is 0 Å². The maximum absolute atomic E-state index is 12.6. The van der Waals surface area contributed by atoms with Gasteiger partial charge in [-0.2, -0.15) is 0 Å². The van der Waals surface area contributed by atoms with E-state index in [1.54, 1.807) is 6.07 Å². The Kier molecular flexibility index (Phi) is 6.13. The maximum atomic E-state index is 12.6. The lowest BCUT2D eigenvalue weighted by molar-refractivity contribution is 0.0599. The highest BCUT2D eigenvalue weighted by atomic mass is 79.9. The monoisotopic (exact) mass is 457 g/mol. The van der Waals surface area contributed by atoms with E-state index in [2.05, 4.69) is 30.7 Å². The van der Waals surface area contributed by atoms with Gasteiger partial charge in [-0.05, 0) is 42.5 Å². The van der Waals surface area contributed by atoms with Gasteiger partial charge in [0.2, 0.25) is 0 Å². The molecule has 148 valence electrons. The molecule has 1 heterocycles. The Bertz CT molecular complexity index is 1040. The summed E-state index contributed by atoms with van der Waals surface area (Å²) >= 11 is 3.37. The fourth-order valence-corrected chi connectivity index (χ4v) is 2.86. The van der Waals surface area contributed by atoms with Crippen molar-refractivity contribution in [2.75, 3.05) is 19.5 Å². The number of anilines is 1. The van der Waals surface area contributed by atoms with Crippen molar-refractivity contribution in [2.24, 2.45) is 0 Å². The van der Waals surface area contributed by atoms with E-state index in [9.17, 15) is 14.4 Å².